The predicted molar refractivity (Wildman–Crippen MR) is 72.9 cm³/mol. The summed E-state index contributed by atoms with van der Waals surface area (Å²) in [6.45, 7) is 0. The molecule has 0 unspecified atom stereocenters. The van der Waals surface area contributed by atoms with E-state index in [1.54, 1.807) is 24.3 Å². The molecule has 0 saturated heterocycles. The highest BCUT2D eigenvalue weighted by Gasteiger charge is 2.13. The minimum absolute atomic E-state index is 0.164. The number of halogens is 3. The third-order valence-corrected chi connectivity index (χ3v) is 2.96. The lowest BCUT2D eigenvalue weighted by atomic mass is 10.2. The Labute approximate surface area is 116 Å². The van der Waals surface area contributed by atoms with Gasteiger partial charge in [0.15, 0.2) is 5.82 Å². The minimum atomic E-state index is -0.914. The van der Waals surface area contributed by atoms with Gasteiger partial charge in [0.05, 0.1) is 5.69 Å². The first-order valence-electron chi connectivity index (χ1n) is 5.29. The van der Waals surface area contributed by atoms with Crippen molar-refractivity contribution >= 4 is 33.2 Å². The molecule has 0 aliphatic rings. The van der Waals surface area contributed by atoms with Crippen molar-refractivity contribution in [2.45, 2.75) is 0 Å². The lowest BCUT2D eigenvalue weighted by molar-refractivity contribution is 0.102. The van der Waals surface area contributed by atoms with Crippen LogP contribution < -0.4 is 11.1 Å². The van der Waals surface area contributed by atoms with Crippen LogP contribution in [0.15, 0.2) is 40.9 Å². The number of hydrogen-bond donors (Lipinski definition) is 2. The van der Waals surface area contributed by atoms with Crippen molar-refractivity contribution in [3.8, 4) is 0 Å². The Balaban J connectivity index is 2.26. The van der Waals surface area contributed by atoms with Crippen LogP contribution in [-0.4, -0.2) is 5.91 Å². The Hall–Kier alpha value is -1.95. The highest BCUT2D eigenvalue weighted by Crippen LogP contribution is 2.24. The summed E-state index contributed by atoms with van der Waals surface area (Å²) in [4.78, 5) is 11.9. The molecule has 0 heterocycles. The largest absolute Gasteiger partial charge is 0.397 e. The van der Waals surface area contributed by atoms with E-state index in [-0.39, 0.29) is 11.4 Å². The summed E-state index contributed by atoms with van der Waals surface area (Å²) in [5, 5.41) is 2.32. The summed E-state index contributed by atoms with van der Waals surface area (Å²) in [5.41, 5.74) is 5.42. The molecule has 2 aromatic rings. The van der Waals surface area contributed by atoms with Crippen LogP contribution in [0.5, 0.6) is 0 Å². The maximum Gasteiger partial charge on any atom is 0.255 e. The molecule has 0 spiro atoms. The van der Waals surface area contributed by atoms with Crippen LogP contribution in [-0.2, 0) is 0 Å². The smallest absolute Gasteiger partial charge is 0.255 e. The molecule has 3 nitrogen and oxygen atoms in total. The first kappa shape index (κ1) is 13.5. The molecule has 2 aromatic carbocycles. The van der Waals surface area contributed by atoms with Gasteiger partial charge in [-0.15, -0.1) is 0 Å². The number of nitrogens with one attached hydrogen (secondary N) is 1. The van der Waals surface area contributed by atoms with Crippen LogP contribution in [0.2, 0.25) is 0 Å². The molecular weight excluding hydrogens is 318 g/mol. The SMILES string of the molecule is Nc1cc(F)cc(F)c1NC(=O)c1ccc(Br)cc1. The second-order valence-electron chi connectivity index (χ2n) is 3.81. The van der Waals surface area contributed by atoms with Crippen molar-refractivity contribution in [3.05, 3.63) is 58.1 Å². The Bertz CT molecular complexity index is 606. The second kappa shape index (κ2) is 5.36. The summed E-state index contributed by atoms with van der Waals surface area (Å²) < 4.78 is 27.2. The van der Waals surface area contributed by atoms with E-state index >= 15 is 0 Å². The zero-order valence-electron chi connectivity index (χ0n) is 9.58. The molecule has 0 aliphatic heterocycles. The third kappa shape index (κ3) is 3.08. The van der Waals surface area contributed by atoms with Crippen LogP contribution >= 0.6 is 15.9 Å². The van der Waals surface area contributed by atoms with Gasteiger partial charge >= 0.3 is 0 Å². The number of hydrogen-bond acceptors (Lipinski definition) is 2. The van der Waals surface area contributed by atoms with E-state index < -0.39 is 17.5 Å². The molecule has 0 aliphatic carbocycles. The number of nitrogen functional groups attached to an aromatic ring is 1. The number of anilines is 2. The van der Waals surface area contributed by atoms with Crippen LogP contribution in [0, 0.1) is 11.6 Å². The first-order chi connectivity index (χ1) is 8.97. The van der Waals surface area contributed by atoms with Crippen LogP contribution in [0.1, 0.15) is 10.4 Å². The molecule has 19 heavy (non-hydrogen) atoms. The molecule has 3 N–H and O–H groups in total. The summed E-state index contributed by atoms with van der Waals surface area (Å²) in [6.07, 6.45) is 0. The van der Waals surface area contributed by atoms with Crippen molar-refractivity contribution in [1.82, 2.24) is 0 Å². The van der Waals surface area contributed by atoms with E-state index in [1.807, 2.05) is 0 Å². The fourth-order valence-electron chi connectivity index (χ4n) is 1.51. The second-order valence-corrected chi connectivity index (χ2v) is 4.73. The van der Waals surface area contributed by atoms with Gasteiger partial charge in [-0.1, -0.05) is 15.9 Å². The molecule has 0 saturated carbocycles. The number of benzene rings is 2. The van der Waals surface area contributed by atoms with Crippen molar-refractivity contribution < 1.29 is 13.6 Å². The fourth-order valence-corrected chi connectivity index (χ4v) is 1.78. The van der Waals surface area contributed by atoms with E-state index in [0.29, 0.717) is 11.6 Å². The van der Waals surface area contributed by atoms with Gasteiger partial charge in [-0.25, -0.2) is 8.78 Å². The van der Waals surface area contributed by atoms with Crippen LogP contribution in [0.4, 0.5) is 20.2 Å². The predicted octanol–water partition coefficient (Wildman–Crippen LogP) is 3.56. The van der Waals surface area contributed by atoms with Crippen LogP contribution in [0.3, 0.4) is 0 Å². The van der Waals surface area contributed by atoms with Gasteiger partial charge in [0.25, 0.3) is 5.91 Å². The van der Waals surface area contributed by atoms with Gasteiger partial charge in [-0.3, -0.25) is 4.79 Å². The topological polar surface area (TPSA) is 55.1 Å². The molecule has 0 fully saturated rings. The maximum atomic E-state index is 13.5. The highest BCUT2D eigenvalue weighted by atomic mass is 79.9. The van der Waals surface area contributed by atoms with E-state index in [4.69, 9.17) is 5.73 Å². The van der Waals surface area contributed by atoms with Crippen LogP contribution in [0.25, 0.3) is 0 Å². The molecule has 0 bridgehead atoms. The monoisotopic (exact) mass is 326 g/mol. The summed E-state index contributed by atoms with van der Waals surface area (Å²) in [7, 11) is 0. The summed E-state index contributed by atoms with van der Waals surface area (Å²) in [6, 6.07) is 8.10. The van der Waals surface area contributed by atoms with Gasteiger partial charge in [0.1, 0.15) is 11.5 Å². The van der Waals surface area contributed by atoms with Gasteiger partial charge < -0.3 is 11.1 Å². The quantitative estimate of drug-likeness (QED) is 0.829. The number of amides is 1. The van der Waals surface area contributed by atoms with Crippen molar-refractivity contribution in [2.24, 2.45) is 0 Å². The Kier molecular flexibility index (Phi) is 3.80. The van der Waals surface area contributed by atoms with Gasteiger partial charge in [-0.05, 0) is 30.3 Å². The van der Waals surface area contributed by atoms with Crippen molar-refractivity contribution in [3.63, 3.8) is 0 Å². The average Bonchev–Trinajstić information content (AvgIpc) is 2.34. The van der Waals surface area contributed by atoms with Gasteiger partial charge in [0.2, 0.25) is 0 Å². The molecule has 0 aromatic heterocycles. The zero-order valence-corrected chi connectivity index (χ0v) is 11.2. The number of carbonyl (C=O) groups is 1. The van der Waals surface area contributed by atoms with Gasteiger partial charge in [0, 0.05) is 16.1 Å². The van der Waals surface area contributed by atoms with E-state index in [0.717, 1.165) is 10.5 Å². The average molecular weight is 327 g/mol. The highest BCUT2D eigenvalue weighted by molar-refractivity contribution is 9.10. The number of carbonyl (C=O) groups excluding carboxylic acids is 1. The molecule has 98 valence electrons. The summed E-state index contributed by atoms with van der Waals surface area (Å²) >= 11 is 3.24. The van der Waals surface area contributed by atoms with E-state index in [1.165, 1.54) is 0 Å². The van der Waals surface area contributed by atoms with Crippen molar-refractivity contribution in [1.29, 1.82) is 0 Å². The van der Waals surface area contributed by atoms with Gasteiger partial charge in [-0.2, -0.15) is 0 Å². The minimum Gasteiger partial charge on any atom is -0.397 e. The van der Waals surface area contributed by atoms with E-state index in [2.05, 4.69) is 21.2 Å². The molecule has 0 atom stereocenters. The number of rotatable bonds is 2. The maximum absolute atomic E-state index is 13.5. The molecular formula is C13H9BrF2N2O. The Morgan fingerprint density at radius 2 is 1.79 bits per heavy atom. The normalized spacial score (nSPS) is 10.3. The Morgan fingerprint density at radius 1 is 1.16 bits per heavy atom. The van der Waals surface area contributed by atoms with Crippen molar-refractivity contribution in [2.75, 3.05) is 11.1 Å². The van der Waals surface area contributed by atoms with E-state index in [9.17, 15) is 13.6 Å². The molecule has 2 rings (SSSR count). The first-order valence-corrected chi connectivity index (χ1v) is 6.08. The lowest BCUT2D eigenvalue weighted by Crippen LogP contribution is -2.14. The molecule has 6 heteroatoms. The number of nitrogens with two attached hydrogens (primary N) is 1. The third-order valence-electron chi connectivity index (χ3n) is 2.43. The Morgan fingerprint density at radius 3 is 2.37 bits per heavy atom. The molecule has 1 amide bonds. The lowest BCUT2D eigenvalue weighted by Gasteiger charge is -2.09. The molecule has 0 radical (unpaired) electrons. The fraction of sp³-hybridized carbons (Fsp3) is 0. The summed E-state index contributed by atoms with van der Waals surface area (Å²) in [5.74, 6) is -2.23. The zero-order chi connectivity index (χ0) is 14.0. The standard InChI is InChI=1S/C13H9BrF2N2O/c14-8-3-1-7(2-4-8)13(19)18-12-10(16)5-9(15)6-11(12)17/h1-6H,17H2,(H,18,19).